The van der Waals surface area contributed by atoms with Gasteiger partial charge in [-0.3, -0.25) is 0 Å². The largest absolute Gasteiger partial charge is 0.409 e. The summed E-state index contributed by atoms with van der Waals surface area (Å²) in [5, 5.41) is 9.43. The average molecular weight is 547 g/mol. The van der Waals surface area contributed by atoms with E-state index in [-0.39, 0.29) is 29.5 Å². The molecule has 1 saturated heterocycles. The fraction of sp³-hybridized carbons (Fsp3) is 0.750. The van der Waals surface area contributed by atoms with Crippen LogP contribution in [0, 0.1) is 11.8 Å². The smallest absolute Gasteiger partial charge is 0.192 e. The maximum Gasteiger partial charge on any atom is 0.192 e. The molecule has 1 heterocycles. The third-order valence-corrected chi connectivity index (χ3v) is 12.1. The molecule has 216 valence electrons. The van der Waals surface area contributed by atoms with Crippen molar-refractivity contribution in [3.8, 4) is 11.8 Å². The molecule has 6 heteroatoms. The van der Waals surface area contributed by atoms with Crippen LogP contribution >= 0.6 is 0 Å². The van der Waals surface area contributed by atoms with Crippen LogP contribution in [-0.4, -0.2) is 50.2 Å². The van der Waals surface area contributed by atoms with Crippen molar-refractivity contribution in [1.29, 1.82) is 0 Å². The van der Waals surface area contributed by atoms with Crippen LogP contribution in [0.25, 0.3) is 0 Å². The van der Waals surface area contributed by atoms with E-state index in [0.717, 1.165) is 31.2 Å². The highest BCUT2D eigenvalue weighted by molar-refractivity contribution is 6.74. The highest BCUT2D eigenvalue weighted by atomic mass is 28.4. The molecule has 2 rings (SSSR count). The van der Waals surface area contributed by atoms with Crippen LogP contribution in [-0.2, 0) is 25.2 Å². The number of benzene rings is 1. The predicted octanol–water partition coefficient (Wildman–Crippen LogP) is 7.62. The zero-order valence-corrected chi connectivity index (χ0v) is 26.3. The van der Waals surface area contributed by atoms with Crippen molar-refractivity contribution in [3.63, 3.8) is 0 Å². The van der Waals surface area contributed by atoms with E-state index in [1.165, 1.54) is 25.7 Å². The number of hydrogen-bond donors (Lipinski definition) is 1. The van der Waals surface area contributed by atoms with Crippen molar-refractivity contribution in [2.24, 2.45) is 0 Å². The van der Waals surface area contributed by atoms with E-state index in [2.05, 4.69) is 57.8 Å². The van der Waals surface area contributed by atoms with Crippen molar-refractivity contribution in [3.05, 3.63) is 35.9 Å². The van der Waals surface area contributed by atoms with Crippen LogP contribution < -0.4 is 0 Å². The normalized spacial score (nSPS) is 21.1. The summed E-state index contributed by atoms with van der Waals surface area (Å²) in [7, 11) is -2.09. The Morgan fingerprint density at radius 1 is 1.00 bits per heavy atom. The van der Waals surface area contributed by atoms with E-state index in [0.29, 0.717) is 13.2 Å². The fourth-order valence-corrected chi connectivity index (χ4v) is 5.64. The molecule has 0 aliphatic carbocycles. The fourth-order valence-electron chi connectivity index (χ4n) is 4.32. The lowest BCUT2D eigenvalue weighted by molar-refractivity contribution is -0.156. The van der Waals surface area contributed by atoms with Gasteiger partial charge in [-0.1, -0.05) is 89.1 Å². The molecular weight excluding hydrogens is 492 g/mol. The SMILES string of the molecule is C[C@H](O)CCCCCCCCC#C[C@H]1OC(C)(C)O[C@@H]1[C@@H](COCc1ccccc1)O[Si](C)(C)C(C)(C)C. The molecule has 1 aliphatic rings. The number of unbranched alkanes of at least 4 members (excludes halogenated alkanes) is 6. The standard InChI is InChI=1S/C32H54O5Si/c1-26(33)20-16-13-11-9-10-12-14-19-23-28-30(36-32(5,6)35-28)29(37-38(7,8)31(2,3)4)25-34-24-27-21-17-15-18-22-27/h15,17-18,21-22,26,28-30,33H,9-14,16,20,24-25H2,1-8H3/t26-,28+,29+,30-/m0/s1. The summed E-state index contributed by atoms with van der Waals surface area (Å²) in [5.41, 5.74) is 1.14. The molecular formula is C32H54O5Si. The predicted molar refractivity (Wildman–Crippen MR) is 158 cm³/mol. The Kier molecular flexibility index (Phi) is 13.5. The first-order chi connectivity index (χ1) is 17.8. The second kappa shape index (κ2) is 15.5. The van der Waals surface area contributed by atoms with Crippen LogP contribution in [0.15, 0.2) is 30.3 Å². The van der Waals surface area contributed by atoms with Gasteiger partial charge in [0.05, 0.1) is 25.4 Å². The van der Waals surface area contributed by atoms with Gasteiger partial charge in [-0.2, -0.15) is 0 Å². The summed E-state index contributed by atoms with van der Waals surface area (Å²) in [4.78, 5) is 0. The Morgan fingerprint density at radius 3 is 2.26 bits per heavy atom. The molecule has 0 radical (unpaired) electrons. The van der Waals surface area contributed by atoms with Gasteiger partial charge < -0.3 is 23.7 Å². The van der Waals surface area contributed by atoms with E-state index in [9.17, 15) is 5.11 Å². The van der Waals surface area contributed by atoms with E-state index in [1.807, 2.05) is 39.0 Å². The molecule has 0 aromatic heterocycles. The zero-order valence-electron chi connectivity index (χ0n) is 25.3. The third-order valence-electron chi connectivity index (χ3n) is 7.56. The molecule has 0 bridgehead atoms. The molecule has 1 N–H and O–H groups in total. The number of rotatable bonds is 15. The van der Waals surface area contributed by atoms with E-state index in [1.54, 1.807) is 0 Å². The van der Waals surface area contributed by atoms with Gasteiger partial charge >= 0.3 is 0 Å². The number of hydrogen-bond acceptors (Lipinski definition) is 5. The third kappa shape index (κ3) is 11.9. The number of aliphatic hydroxyl groups is 1. The second-order valence-electron chi connectivity index (χ2n) is 12.8. The first-order valence-electron chi connectivity index (χ1n) is 14.6. The minimum Gasteiger partial charge on any atom is -0.409 e. The molecule has 1 aliphatic heterocycles. The molecule has 0 saturated carbocycles. The van der Waals surface area contributed by atoms with Crippen molar-refractivity contribution in [1.82, 2.24) is 0 Å². The maximum atomic E-state index is 9.36. The minimum atomic E-state index is -2.09. The Hall–Kier alpha value is -1.20. The summed E-state index contributed by atoms with van der Waals surface area (Å²) in [6, 6.07) is 10.2. The molecule has 38 heavy (non-hydrogen) atoms. The van der Waals surface area contributed by atoms with Crippen molar-refractivity contribution < 1.29 is 23.7 Å². The quantitative estimate of drug-likeness (QED) is 0.139. The Balaban J connectivity index is 1.99. The number of ether oxygens (including phenoxy) is 3. The summed E-state index contributed by atoms with van der Waals surface area (Å²) in [5.74, 6) is 6.03. The first kappa shape index (κ1) is 33.0. The van der Waals surface area contributed by atoms with Crippen LogP contribution in [0.2, 0.25) is 18.1 Å². The van der Waals surface area contributed by atoms with E-state index >= 15 is 0 Å². The summed E-state index contributed by atoms with van der Waals surface area (Å²) < 4.78 is 25.7. The molecule has 0 amide bonds. The molecule has 1 fully saturated rings. The van der Waals surface area contributed by atoms with E-state index in [4.69, 9.17) is 18.6 Å². The molecule has 0 spiro atoms. The van der Waals surface area contributed by atoms with Gasteiger partial charge in [0, 0.05) is 6.42 Å². The zero-order chi connectivity index (χ0) is 28.2. The van der Waals surface area contributed by atoms with Crippen molar-refractivity contribution in [2.45, 2.75) is 148 Å². The first-order valence-corrected chi connectivity index (χ1v) is 17.5. The Bertz CT molecular complexity index is 850. The van der Waals surface area contributed by atoms with Gasteiger partial charge in [0.25, 0.3) is 0 Å². The minimum absolute atomic E-state index is 0.0666. The van der Waals surface area contributed by atoms with Crippen LogP contribution in [0.4, 0.5) is 0 Å². The van der Waals surface area contributed by atoms with Gasteiger partial charge in [-0.15, -0.1) is 5.92 Å². The highest BCUT2D eigenvalue weighted by Gasteiger charge is 2.48. The molecule has 1 aromatic carbocycles. The average Bonchev–Trinajstić information content (AvgIpc) is 3.13. The summed E-state index contributed by atoms with van der Waals surface area (Å²) in [6.45, 7) is 18.0. The Labute approximate surface area is 234 Å². The van der Waals surface area contributed by atoms with Gasteiger partial charge in [0.2, 0.25) is 0 Å². The van der Waals surface area contributed by atoms with Crippen LogP contribution in [0.3, 0.4) is 0 Å². The summed E-state index contributed by atoms with van der Waals surface area (Å²) in [6.07, 6.45) is 7.71. The maximum absolute atomic E-state index is 9.36. The van der Waals surface area contributed by atoms with Gasteiger partial charge in [-0.05, 0) is 57.3 Å². The lowest BCUT2D eigenvalue weighted by Gasteiger charge is -2.40. The van der Waals surface area contributed by atoms with Crippen LogP contribution in [0.1, 0.15) is 98.5 Å². The van der Waals surface area contributed by atoms with Gasteiger partial charge in [-0.25, -0.2) is 0 Å². The summed E-state index contributed by atoms with van der Waals surface area (Å²) >= 11 is 0. The van der Waals surface area contributed by atoms with Gasteiger partial charge in [0.1, 0.15) is 12.2 Å². The van der Waals surface area contributed by atoms with Crippen molar-refractivity contribution in [2.75, 3.05) is 6.61 Å². The molecule has 1 aromatic rings. The van der Waals surface area contributed by atoms with Crippen LogP contribution in [0.5, 0.6) is 0 Å². The number of aliphatic hydroxyl groups excluding tert-OH is 1. The molecule has 4 atom stereocenters. The lowest BCUT2D eigenvalue weighted by atomic mass is 10.1. The topological polar surface area (TPSA) is 57.2 Å². The molecule has 0 unspecified atom stereocenters. The monoisotopic (exact) mass is 546 g/mol. The van der Waals surface area contributed by atoms with Gasteiger partial charge in [0.15, 0.2) is 14.1 Å². The van der Waals surface area contributed by atoms with Crippen molar-refractivity contribution >= 4 is 8.32 Å². The highest BCUT2D eigenvalue weighted by Crippen LogP contribution is 2.40. The Morgan fingerprint density at radius 2 is 1.63 bits per heavy atom. The molecule has 5 nitrogen and oxygen atoms in total. The second-order valence-corrected chi connectivity index (χ2v) is 17.5. The lowest BCUT2D eigenvalue weighted by Crippen LogP contribution is -2.50. The van der Waals surface area contributed by atoms with E-state index < -0.39 is 14.1 Å².